The highest BCUT2D eigenvalue weighted by Gasteiger charge is 2.33. The molecule has 2 aromatic carbocycles. The molecule has 5 nitrogen and oxygen atoms in total. The van der Waals surface area contributed by atoms with Crippen LogP contribution in [0.25, 0.3) is 11.0 Å². The number of fused-ring (bicyclic) bond motifs is 1. The maximum atomic E-state index is 12.3. The Morgan fingerprint density at radius 3 is 2.79 bits per heavy atom. The summed E-state index contributed by atoms with van der Waals surface area (Å²) in [5.41, 5.74) is 3.26. The van der Waals surface area contributed by atoms with E-state index in [0.29, 0.717) is 32.7 Å². The fourth-order valence-corrected chi connectivity index (χ4v) is 3.81. The molecule has 1 fully saturated rings. The molecule has 1 saturated heterocycles. The number of carbonyl (C=O) groups is 1. The average molecular weight is 375 g/mol. The third-order valence-electron chi connectivity index (χ3n) is 5.22. The first-order valence-electron chi connectivity index (χ1n) is 9.69. The van der Waals surface area contributed by atoms with Crippen molar-refractivity contribution >= 4 is 16.9 Å². The van der Waals surface area contributed by atoms with Crippen molar-refractivity contribution in [3.05, 3.63) is 72.6 Å². The summed E-state index contributed by atoms with van der Waals surface area (Å²) in [5.74, 6) is 2.09. The van der Waals surface area contributed by atoms with Gasteiger partial charge in [-0.2, -0.15) is 0 Å². The Morgan fingerprint density at radius 2 is 2.00 bits per heavy atom. The molecule has 1 aromatic heterocycles. The predicted molar refractivity (Wildman–Crippen MR) is 111 cm³/mol. The van der Waals surface area contributed by atoms with E-state index in [2.05, 4.69) is 24.1 Å². The van der Waals surface area contributed by atoms with Gasteiger partial charge in [-0.05, 0) is 31.2 Å². The molecule has 2 heterocycles. The van der Waals surface area contributed by atoms with E-state index in [1.807, 2.05) is 47.4 Å². The summed E-state index contributed by atoms with van der Waals surface area (Å²) < 4.78 is 8.15. The Labute approximate surface area is 165 Å². The largest absolute Gasteiger partial charge is 0.492 e. The van der Waals surface area contributed by atoms with Crippen molar-refractivity contribution < 1.29 is 9.53 Å². The summed E-state index contributed by atoms with van der Waals surface area (Å²) in [6.45, 7) is 8.33. The summed E-state index contributed by atoms with van der Waals surface area (Å²) in [6, 6.07) is 16.2. The number of aryl methyl sites for hydroxylation is 1. The number of carbonyl (C=O) groups excluding carboxylic acids is 1. The number of rotatable bonds is 7. The third kappa shape index (κ3) is 3.65. The molecule has 5 heteroatoms. The standard InChI is InChI=1S/C23H25N3O2/c1-3-12-25-16-18(15-22(25)27)23-24-20-6-4-5-7-21(20)26(23)13-14-28-19-10-8-17(2)9-11-19/h3-11,18H,1,12-16H2,2H3/t18-/m1/s1. The number of hydrogen-bond donors (Lipinski definition) is 0. The molecule has 0 aliphatic carbocycles. The topological polar surface area (TPSA) is 47.4 Å². The molecule has 1 aliphatic rings. The van der Waals surface area contributed by atoms with Gasteiger partial charge in [0.05, 0.1) is 17.6 Å². The number of nitrogens with zero attached hydrogens (tertiary/aromatic N) is 3. The fraction of sp³-hybridized carbons (Fsp3) is 0.304. The maximum absolute atomic E-state index is 12.3. The van der Waals surface area contributed by atoms with E-state index >= 15 is 0 Å². The van der Waals surface area contributed by atoms with Crippen molar-refractivity contribution in [2.45, 2.75) is 25.8 Å². The lowest BCUT2D eigenvalue weighted by Gasteiger charge is -2.16. The van der Waals surface area contributed by atoms with Gasteiger partial charge in [0.2, 0.25) is 5.91 Å². The minimum Gasteiger partial charge on any atom is -0.492 e. The van der Waals surface area contributed by atoms with E-state index in [-0.39, 0.29) is 11.8 Å². The van der Waals surface area contributed by atoms with Crippen molar-refractivity contribution in [1.82, 2.24) is 14.5 Å². The summed E-state index contributed by atoms with van der Waals surface area (Å²) in [4.78, 5) is 19.0. The molecular formula is C23H25N3O2. The third-order valence-corrected chi connectivity index (χ3v) is 5.22. The Kier molecular flexibility index (Phi) is 5.15. The lowest BCUT2D eigenvalue weighted by atomic mass is 10.1. The lowest BCUT2D eigenvalue weighted by molar-refractivity contribution is -0.127. The van der Waals surface area contributed by atoms with Gasteiger partial charge >= 0.3 is 0 Å². The average Bonchev–Trinajstić information content (AvgIpc) is 3.25. The molecule has 3 aromatic rings. The monoisotopic (exact) mass is 375 g/mol. The molecule has 0 bridgehead atoms. The van der Waals surface area contributed by atoms with E-state index in [9.17, 15) is 4.79 Å². The highest BCUT2D eigenvalue weighted by molar-refractivity contribution is 5.81. The van der Waals surface area contributed by atoms with E-state index in [0.717, 1.165) is 22.6 Å². The number of para-hydroxylation sites is 2. The number of benzene rings is 2. The maximum Gasteiger partial charge on any atom is 0.223 e. The first kappa shape index (κ1) is 18.3. The van der Waals surface area contributed by atoms with Crippen LogP contribution in [-0.2, 0) is 11.3 Å². The van der Waals surface area contributed by atoms with Crippen LogP contribution in [-0.4, -0.2) is 40.1 Å². The smallest absolute Gasteiger partial charge is 0.223 e. The number of imidazole rings is 1. The van der Waals surface area contributed by atoms with Crippen molar-refractivity contribution in [3.63, 3.8) is 0 Å². The van der Waals surface area contributed by atoms with E-state index in [1.165, 1.54) is 5.56 Å². The van der Waals surface area contributed by atoms with Gasteiger partial charge in [-0.1, -0.05) is 35.9 Å². The number of amides is 1. The van der Waals surface area contributed by atoms with Crippen LogP contribution in [0.4, 0.5) is 0 Å². The summed E-state index contributed by atoms with van der Waals surface area (Å²) >= 11 is 0. The molecular weight excluding hydrogens is 350 g/mol. The van der Waals surface area contributed by atoms with Crippen LogP contribution in [0.5, 0.6) is 5.75 Å². The zero-order valence-electron chi connectivity index (χ0n) is 16.2. The van der Waals surface area contributed by atoms with Crippen LogP contribution in [0, 0.1) is 6.92 Å². The van der Waals surface area contributed by atoms with Crippen molar-refractivity contribution in [1.29, 1.82) is 0 Å². The van der Waals surface area contributed by atoms with E-state index < -0.39 is 0 Å². The molecule has 0 radical (unpaired) electrons. The van der Waals surface area contributed by atoms with Gasteiger partial charge in [-0.15, -0.1) is 6.58 Å². The zero-order chi connectivity index (χ0) is 19.5. The van der Waals surface area contributed by atoms with Crippen molar-refractivity contribution in [3.8, 4) is 5.75 Å². The highest BCUT2D eigenvalue weighted by atomic mass is 16.5. The van der Waals surface area contributed by atoms with Crippen LogP contribution in [0.2, 0.25) is 0 Å². The second kappa shape index (κ2) is 7.89. The van der Waals surface area contributed by atoms with Crippen molar-refractivity contribution in [2.24, 2.45) is 0 Å². The van der Waals surface area contributed by atoms with Crippen LogP contribution in [0.1, 0.15) is 23.7 Å². The van der Waals surface area contributed by atoms with Gasteiger partial charge < -0.3 is 14.2 Å². The summed E-state index contributed by atoms with van der Waals surface area (Å²) in [7, 11) is 0. The lowest BCUT2D eigenvalue weighted by Crippen LogP contribution is -2.25. The molecule has 28 heavy (non-hydrogen) atoms. The molecule has 1 atom stereocenters. The van der Waals surface area contributed by atoms with Crippen LogP contribution >= 0.6 is 0 Å². The molecule has 1 aliphatic heterocycles. The summed E-state index contributed by atoms with van der Waals surface area (Å²) in [6.07, 6.45) is 2.27. The van der Waals surface area contributed by atoms with E-state index in [1.54, 1.807) is 6.08 Å². The molecule has 0 saturated carbocycles. The Morgan fingerprint density at radius 1 is 1.21 bits per heavy atom. The number of ether oxygens (including phenoxy) is 1. The minimum atomic E-state index is 0.0965. The second-order valence-corrected chi connectivity index (χ2v) is 7.26. The Hall–Kier alpha value is -3.08. The minimum absolute atomic E-state index is 0.0965. The first-order valence-corrected chi connectivity index (χ1v) is 9.69. The van der Waals surface area contributed by atoms with E-state index in [4.69, 9.17) is 9.72 Å². The van der Waals surface area contributed by atoms with Crippen LogP contribution < -0.4 is 4.74 Å². The van der Waals surface area contributed by atoms with Gasteiger partial charge in [-0.25, -0.2) is 4.98 Å². The fourth-order valence-electron chi connectivity index (χ4n) is 3.81. The Balaban J connectivity index is 1.56. The zero-order valence-corrected chi connectivity index (χ0v) is 16.2. The normalized spacial score (nSPS) is 16.7. The van der Waals surface area contributed by atoms with Gasteiger partial charge in [0.1, 0.15) is 18.2 Å². The van der Waals surface area contributed by atoms with Crippen LogP contribution in [0.15, 0.2) is 61.2 Å². The van der Waals surface area contributed by atoms with Gasteiger partial charge in [0.25, 0.3) is 0 Å². The predicted octanol–water partition coefficient (Wildman–Crippen LogP) is 3.93. The molecule has 0 spiro atoms. The molecule has 0 unspecified atom stereocenters. The van der Waals surface area contributed by atoms with Gasteiger partial charge in [0, 0.05) is 25.4 Å². The SMILES string of the molecule is C=CCN1C[C@H](c2nc3ccccc3n2CCOc2ccc(C)cc2)CC1=O. The van der Waals surface area contributed by atoms with Gasteiger partial charge in [0.15, 0.2) is 0 Å². The summed E-state index contributed by atoms with van der Waals surface area (Å²) in [5, 5.41) is 0. The molecule has 144 valence electrons. The molecule has 1 amide bonds. The van der Waals surface area contributed by atoms with Crippen molar-refractivity contribution in [2.75, 3.05) is 19.7 Å². The Bertz CT molecular complexity index is 991. The van der Waals surface area contributed by atoms with Crippen LogP contribution in [0.3, 0.4) is 0 Å². The number of hydrogen-bond acceptors (Lipinski definition) is 3. The highest BCUT2D eigenvalue weighted by Crippen LogP contribution is 2.30. The first-order chi connectivity index (χ1) is 13.7. The second-order valence-electron chi connectivity index (χ2n) is 7.26. The number of aromatic nitrogens is 2. The molecule has 4 rings (SSSR count). The molecule has 0 N–H and O–H groups in total. The quantitative estimate of drug-likeness (QED) is 0.588. The van der Waals surface area contributed by atoms with Gasteiger partial charge in [-0.3, -0.25) is 4.79 Å². The number of likely N-dealkylation sites (tertiary alicyclic amines) is 1.